The number of carbonyl (C=O) groups is 6. The van der Waals surface area contributed by atoms with Crippen LogP contribution < -0.4 is 21.7 Å². The number of carbonyl (C=O) groups excluding carboxylic acids is 6. The van der Waals surface area contributed by atoms with E-state index in [1.165, 1.54) is 51.4 Å². The Labute approximate surface area is 313 Å². The molecule has 52 heavy (non-hydrogen) atoms. The summed E-state index contributed by atoms with van der Waals surface area (Å²) in [6.07, 6.45) is 13.9. The first-order chi connectivity index (χ1) is 24.5. The van der Waals surface area contributed by atoms with Gasteiger partial charge in [0.25, 0.3) is 0 Å². The van der Waals surface area contributed by atoms with Gasteiger partial charge in [-0.25, -0.2) is 0 Å². The smallest absolute Gasteiger partial charge is 0.306 e. The van der Waals surface area contributed by atoms with Crippen molar-refractivity contribution in [2.75, 3.05) is 19.6 Å². The zero-order valence-electron chi connectivity index (χ0n) is 33.4. The van der Waals surface area contributed by atoms with Gasteiger partial charge in [0, 0.05) is 38.9 Å². The summed E-state index contributed by atoms with van der Waals surface area (Å²) < 4.78 is 10.8. The number of nitrogens with two attached hydrogens (primary N) is 1. The quantitative estimate of drug-likeness (QED) is 0.0742. The molecule has 0 aliphatic carbocycles. The molecule has 0 bridgehead atoms. The van der Waals surface area contributed by atoms with Crippen molar-refractivity contribution in [2.24, 2.45) is 5.73 Å². The number of nitrogens with zero attached hydrogens (tertiary/aromatic N) is 1. The minimum atomic E-state index is -1.21. The van der Waals surface area contributed by atoms with Gasteiger partial charge in [-0.3, -0.25) is 28.8 Å². The van der Waals surface area contributed by atoms with Crippen LogP contribution in [0.3, 0.4) is 0 Å². The van der Waals surface area contributed by atoms with Crippen molar-refractivity contribution < 1.29 is 38.2 Å². The maximum Gasteiger partial charge on any atom is 0.306 e. The summed E-state index contributed by atoms with van der Waals surface area (Å²) in [5, 5.41) is 8.06. The second-order valence-electron chi connectivity index (χ2n) is 16.0. The molecule has 1 heterocycles. The predicted molar refractivity (Wildman–Crippen MR) is 202 cm³/mol. The van der Waals surface area contributed by atoms with Gasteiger partial charge in [0.1, 0.15) is 29.3 Å². The predicted octanol–water partition coefficient (Wildman–Crippen LogP) is 4.97. The minimum Gasteiger partial charge on any atom is -0.460 e. The Kier molecular flexibility index (Phi) is 22.4. The van der Waals surface area contributed by atoms with E-state index in [1.54, 1.807) is 46.4 Å². The van der Waals surface area contributed by atoms with Crippen molar-refractivity contribution in [1.82, 2.24) is 20.9 Å². The average Bonchev–Trinajstić information content (AvgIpc) is 3.55. The fourth-order valence-electron chi connectivity index (χ4n) is 6.13. The number of amides is 4. The van der Waals surface area contributed by atoms with E-state index in [-0.39, 0.29) is 44.7 Å². The lowest BCUT2D eigenvalue weighted by Gasteiger charge is -2.28. The van der Waals surface area contributed by atoms with Crippen LogP contribution in [0.5, 0.6) is 0 Å². The van der Waals surface area contributed by atoms with Crippen LogP contribution in [0.4, 0.5) is 0 Å². The number of hydrogen-bond donors (Lipinski definition) is 4. The summed E-state index contributed by atoms with van der Waals surface area (Å²) >= 11 is 0. The Bertz CT molecular complexity index is 1120. The molecule has 0 aromatic rings. The summed E-state index contributed by atoms with van der Waals surface area (Å²) in [7, 11) is 0. The van der Waals surface area contributed by atoms with Gasteiger partial charge in [-0.2, -0.15) is 0 Å². The topological polar surface area (TPSA) is 186 Å². The van der Waals surface area contributed by atoms with Crippen LogP contribution in [-0.4, -0.2) is 89.4 Å². The van der Waals surface area contributed by atoms with Gasteiger partial charge in [0.05, 0.1) is 0 Å². The summed E-state index contributed by atoms with van der Waals surface area (Å²) in [6, 6.07) is -3.09. The monoisotopic (exact) mass is 738 g/mol. The Morgan fingerprint density at radius 3 is 1.65 bits per heavy atom. The van der Waals surface area contributed by atoms with E-state index < -0.39 is 59.0 Å². The molecule has 1 rings (SSSR count). The molecule has 5 N–H and O–H groups in total. The molecule has 4 amide bonds. The number of ether oxygens (including phenoxy) is 2. The van der Waals surface area contributed by atoms with E-state index in [0.29, 0.717) is 25.8 Å². The summed E-state index contributed by atoms with van der Waals surface area (Å²) in [5.74, 6) is -2.91. The highest BCUT2D eigenvalue weighted by molar-refractivity contribution is 5.94. The summed E-state index contributed by atoms with van der Waals surface area (Å²) in [6.45, 7) is 13.4. The Hall–Kier alpha value is -3.22. The SMILES string of the molecule is CCCCCCCCCCCCCC(=O)N1CCCC1C(=O)NC(CCC(=O)OC(C)(C)C)C(=O)NC(CCC(=O)OC(C)(C)C)C(=O)NCCN. The van der Waals surface area contributed by atoms with Crippen LogP contribution >= 0.6 is 0 Å². The number of likely N-dealkylation sites (tertiary alicyclic amines) is 1. The second kappa shape index (κ2) is 24.9. The molecule has 300 valence electrons. The molecule has 13 heteroatoms. The molecule has 3 atom stereocenters. The maximum absolute atomic E-state index is 13.7. The van der Waals surface area contributed by atoms with E-state index in [1.807, 2.05) is 0 Å². The average molecular weight is 738 g/mol. The molecule has 0 spiro atoms. The first-order valence-electron chi connectivity index (χ1n) is 19.8. The van der Waals surface area contributed by atoms with Gasteiger partial charge in [-0.15, -0.1) is 0 Å². The van der Waals surface area contributed by atoms with Gasteiger partial charge in [-0.1, -0.05) is 71.1 Å². The first kappa shape index (κ1) is 46.8. The van der Waals surface area contributed by atoms with Gasteiger partial charge < -0.3 is 36.1 Å². The fraction of sp³-hybridized carbons (Fsp3) is 0.846. The lowest BCUT2D eigenvalue weighted by atomic mass is 10.0. The molecule has 1 aliphatic heterocycles. The number of nitrogens with one attached hydrogen (secondary N) is 3. The molecule has 3 unspecified atom stereocenters. The molecular weight excluding hydrogens is 666 g/mol. The van der Waals surface area contributed by atoms with E-state index >= 15 is 0 Å². The van der Waals surface area contributed by atoms with Crippen molar-refractivity contribution in [1.29, 1.82) is 0 Å². The normalized spacial score (nSPS) is 15.8. The molecule has 1 saturated heterocycles. The van der Waals surface area contributed by atoms with E-state index in [4.69, 9.17) is 15.2 Å². The summed E-state index contributed by atoms with van der Waals surface area (Å²) in [4.78, 5) is 80.3. The van der Waals surface area contributed by atoms with Crippen molar-refractivity contribution in [2.45, 2.75) is 193 Å². The van der Waals surface area contributed by atoms with Crippen molar-refractivity contribution >= 4 is 35.6 Å². The van der Waals surface area contributed by atoms with Gasteiger partial charge in [0.15, 0.2) is 0 Å². The molecule has 0 aromatic heterocycles. The zero-order valence-corrected chi connectivity index (χ0v) is 33.4. The van der Waals surface area contributed by atoms with E-state index in [0.717, 1.165) is 19.3 Å². The van der Waals surface area contributed by atoms with E-state index in [2.05, 4.69) is 22.9 Å². The summed E-state index contributed by atoms with van der Waals surface area (Å²) in [5.41, 5.74) is 4.08. The van der Waals surface area contributed by atoms with Gasteiger partial charge in [-0.05, 0) is 73.6 Å². The standard InChI is InChI=1S/C39H71N5O8/c1-8-9-10-11-12-13-14-15-16-17-18-21-32(45)44-28-19-20-31(44)37(50)43-30(23-25-34(47)52-39(5,6)7)36(49)42-29(35(48)41-27-26-40)22-24-33(46)51-38(2,3)4/h29-31H,8-28,40H2,1-7H3,(H,41,48)(H,42,49)(H,43,50). The van der Waals surface area contributed by atoms with Gasteiger partial charge >= 0.3 is 11.9 Å². The van der Waals surface area contributed by atoms with E-state index in [9.17, 15) is 28.8 Å². The Balaban J connectivity index is 2.91. The molecule has 1 aliphatic rings. The van der Waals surface area contributed by atoms with Crippen molar-refractivity contribution in [3.63, 3.8) is 0 Å². The van der Waals surface area contributed by atoms with Crippen LogP contribution in [0.1, 0.15) is 164 Å². The molecule has 0 radical (unpaired) electrons. The van der Waals surface area contributed by atoms with Gasteiger partial charge in [0.2, 0.25) is 23.6 Å². The fourth-order valence-corrected chi connectivity index (χ4v) is 6.13. The largest absolute Gasteiger partial charge is 0.460 e. The van der Waals surface area contributed by atoms with Crippen LogP contribution in [0.15, 0.2) is 0 Å². The van der Waals surface area contributed by atoms with Crippen molar-refractivity contribution in [3.05, 3.63) is 0 Å². The highest BCUT2D eigenvalue weighted by atomic mass is 16.6. The molecule has 1 fully saturated rings. The minimum absolute atomic E-state index is 0.0618. The third kappa shape index (κ3) is 21.3. The third-order valence-corrected chi connectivity index (χ3v) is 8.69. The maximum atomic E-state index is 13.7. The van der Waals surface area contributed by atoms with Crippen LogP contribution in [-0.2, 0) is 38.2 Å². The number of rotatable bonds is 25. The second-order valence-corrected chi connectivity index (χ2v) is 16.0. The lowest BCUT2D eigenvalue weighted by molar-refractivity contribution is -0.156. The Morgan fingerprint density at radius 2 is 1.17 bits per heavy atom. The third-order valence-electron chi connectivity index (χ3n) is 8.69. The van der Waals surface area contributed by atoms with Crippen LogP contribution in [0, 0.1) is 0 Å². The van der Waals surface area contributed by atoms with Crippen LogP contribution in [0.25, 0.3) is 0 Å². The first-order valence-corrected chi connectivity index (χ1v) is 19.8. The molecule has 0 aromatic carbocycles. The highest BCUT2D eigenvalue weighted by Crippen LogP contribution is 2.21. The molecule has 13 nitrogen and oxygen atoms in total. The van der Waals surface area contributed by atoms with Crippen molar-refractivity contribution in [3.8, 4) is 0 Å². The number of esters is 2. The number of unbranched alkanes of at least 4 members (excludes halogenated alkanes) is 10. The highest BCUT2D eigenvalue weighted by Gasteiger charge is 2.36. The lowest BCUT2D eigenvalue weighted by Crippen LogP contribution is -2.56. The number of hydrogen-bond acceptors (Lipinski definition) is 9. The Morgan fingerprint density at radius 1 is 0.692 bits per heavy atom. The van der Waals surface area contributed by atoms with Crippen LogP contribution in [0.2, 0.25) is 0 Å². The zero-order chi connectivity index (χ0) is 39.2. The molecule has 0 saturated carbocycles. The molecular formula is C39H71N5O8.